The van der Waals surface area contributed by atoms with E-state index in [2.05, 4.69) is 39.6 Å². The Hall–Kier alpha value is -3.22. The van der Waals surface area contributed by atoms with Crippen molar-refractivity contribution in [1.29, 1.82) is 0 Å². The van der Waals surface area contributed by atoms with Crippen LogP contribution in [0.25, 0.3) is 0 Å². The lowest BCUT2D eigenvalue weighted by atomic mass is 10.0. The number of nitrogens with one attached hydrogen (secondary N) is 2. The van der Waals surface area contributed by atoms with Crippen molar-refractivity contribution in [3.05, 3.63) is 59.6 Å². The minimum Gasteiger partial charge on any atom is -0.360 e. The van der Waals surface area contributed by atoms with Crippen molar-refractivity contribution in [3.63, 3.8) is 0 Å². The van der Waals surface area contributed by atoms with E-state index in [0.29, 0.717) is 29.0 Å². The van der Waals surface area contributed by atoms with Gasteiger partial charge in [-0.25, -0.2) is 9.97 Å². The highest BCUT2D eigenvalue weighted by molar-refractivity contribution is 6.03. The number of anilines is 3. The zero-order valence-corrected chi connectivity index (χ0v) is 14.3. The molecule has 0 aliphatic heterocycles. The van der Waals surface area contributed by atoms with E-state index in [1.54, 1.807) is 13.0 Å². The van der Waals surface area contributed by atoms with Crippen molar-refractivity contribution in [2.45, 2.75) is 26.7 Å². The van der Waals surface area contributed by atoms with Crippen molar-refractivity contribution < 1.29 is 9.32 Å². The van der Waals surface area contributed by atoms with Crippen LogP contribution in [0.5, 0.6) is 0 Å². The monoisotopic (exact) mass is 337 g/mol. The molecular formula is C18H19N5O2. The summed E-state index contributed by atoms with van der Waals surface area (Å²) in [7, 11) is 0. The molecule has 0 aliphatic carbocycles. The maximum Gasteiger partial charge on any atom is 0.258 e. The third-order valence-electron chi connectivity index (χ3n) is 3.62. The van der Waals surface area contributed by atoms with Gasteiger partial charge in [-0.15, -0.1) is 0 Å². The Morgan fingerprint density at radius 1 is 1.12 bits per heavy atom. The number of aromatic nitrogens is 3. The van der Waals surface area contributed by atoms with Gasteiger partial charge in [-0.3, -0.25) is 4.79 Å². The lowest BCUT2D eigenvalue weighted by Crippen LogP contribution is -2.13. The van der Waals surface area contributed by atoms with E-state index in [1.807, 2.05) is 24.3 Å². The molecule has 1 amide bonds. The van der Waals surface area contributed by atoms with Gasteiger partial charge >= 0.3 is 0 Å². The normalized spacial score (nSPS) is 10.7. The summed E-state index contributed by atoms with van der Waals surface area (Å²) in [6.07, 6.45) is 2.92. The third kappa shape index (κ3) is 4.20. The molecule has 1 aromatic carbocycles. The topological polar surface area (TPSA) is 92.9 Å². The molecule has 0 aliphatic rings. The minimum atomic E-state index is -0.263. The quantitative estimate of drug-likeness (QED) is 0.733. The highest BCUT2D eigenvalue weighted by atomic mass is 16.5. The number of amides is 1. The van der Waals surface area contributed by atoms with Crippen LogP contribution in [0.3, 0.4) is 0 Å². The molecule has 7 nitrogen and oxygen atoms in total. The van der Waals surface area contributed by atoms with Crippen LogP contribution in [-0.4, -0.2) is 21.0 Å². The predicted octanol–water partition coefficient (Wildman–Crippen LogP) is 3.89. The summed E-state index contributed by atoms with van der Waals surface area (Å²) in [5.74, 6) is 1.72. The number of nitrogens with zero attached hydrogens (tertiary/aromatic N) is 3. The Bertz CT molecular complexity index is 854. The van der Waals surface area contributed by atoms with Gasteiger partial charge in [-0.2, -0.15) is 0 Å². The van der Waals surface area contributed by atoms with E-state index in [-0.39, 0.29) is 5.91 Å². The van der Waals surface area contributed by atoms with Crippen molar-refractivity contribution in [1.82, 2.24) is 15.1 Å². The second kappa shape index (κ2) is 7.12. The summed E-state index contributed by atoms with van der Waals surface area (Å²) in [4.78, 5) is 20.5. The van der Waals surface area contributed by atoms with Gasteiger partial charge in [-0.1, -0.05) is 31.1 Å². The smallest absolute Gasteiger partial charge is 0.258 e. The van der Waals surface area contributed by atoms with Crippen LogP contribution in [0.4, 0.5) is 17.5 Å². The molecule has 0 bridgehead atoms. The van der Waals surface area contributed by atoms with Crippen LogP contribution in [0.1, 0.15) is 41.4 Å². The zero-order valence-electron chi connectivity index (χ0n) is 14.3. The van der Waals surface area contributed by atoms with Crippen molar-refractivity contribution in [2.75, 3.05) is 10.6 Å². The van der Waals surface area contributed by atoms with Gasteiger partial charge in [0.05, 0.1) is 5.56 Å². The van der Waals surface area contributed by atoms with Gasteiger partial charge in [0.2, 0.25) is 5.95 Å². The fourth-order valence-corrected chi connectivity index (χ4v) is 2.20. The number of aryl methyl sites for hydroxylation is 1. The van der Waals surface area contributed by atoms with Gasteiger partial charge in [0, 0.05) is 24.1 Å². The first-order valence-electron chi connectivity index (χ1n) is 7.95. The predicted molar refractivity (Wildman–Crippen MR) is 95.0 cm³/mol. The Morgan fingerprint density at radius 3 is 2.36 bits per heavy atom. The van der Waals surface area contributed by atoms with Crippen molar-refractivity contribution >= 4 is 23.4 Å². The second-order valence-corrected chi connectivity index (χ2v) is 5.97. The van der Waals surface area contributed by atoms with Crippen LogP contribution in [0.15, 0.2) is 47.2 Å². The second-order valence-electron chi connectivity index (χ2n) is 5.97. The number of carbonyl (C=O) groups is 1. The van der Waals surface area contributed by atoms with Gasteiger partial charge in [0.1, 0.15) is 5.76 Å². The molecule has 0 spiro atoms. The average Bonchev–Trinajstić information content (AvgIpc) is 3.01. The summed E-state index contributed by atoms with van der Waals surface area (Å²) >= 11 is 0. The maximum atomic E-state index is 12.3. The molecule has 2 aromatic heterocycles. The summed E-state index contributed by atoms with van der Waals surface area (Å²) in [5, 5.41) is 9.53. The first kappa shape index (κ1) is 16.6. The lowest BCUT2D eigenvalue weighted by Gasteiger charge is -2.08. The highest BCUT2D eigenvalue weighted by Crippen LogP contribution is 2.18. The van der Waals surface area contributed by atoms with E-state index < -0.39 is 0 Å². The molecule has 3 rings (SSSR count). The van der Waals surface area contributed by atoms with Crippen molar-refractivity contribution in [3.8, 4) is 0 Å². The number of hydrogen-bond acceptors (Lipinski definition) is 6. The molecular weight excluding hydrogens is 318 g/mol. The summed E-state index contributed by atoms with van der Waals surface area (Å²) in [6.45, 7) is 6.04. The van der Waals surface area contributed by atoms with Gasteiger partial charge in [0.25, 0.3) is 5.91 Å². The molecule has 0 radical (unpaired) electrons. The van der Waals surface area contributed by atoms with Crippen LogP contribution >= 0.6 is 0 Å². The Labute approximate surface area is 145 Å². The Kier molecular flexibility index (Phi) is 4.74. The minimum absolute atomic E-state index is 0.263. The van der Waals surface area contributed by atoms with E-state index in [9.17, 15) is 4.79 Å². The molecule has 0 unspecified atom stereocenters. The molecule has 3 aromatic rings. The van der Waals surface area contributed by atoms with Gasteiger partial charge < -0.3 is 15.2 Å². The maximum absolute atomic E-state index is 12.3. The summed E-state index contributed by atoms with van der Waals surface area (Å²) in [6, 6.07) is 9.51. The molecule has 0 atom stereocenters. The molecule has 0 fully saturated rings. The zero-order chi connectivity index (χ0) is 17.8. The largest absolute Gasteiger partial charge is 0.360 e. The standard InChI is InChI=1S/C18H19N5O2/c1-11(2)13-4-6-15(7-5-13)21-17(24)14-9-19-18(20-10-14)22-16-8-12(3)25-23-16/h4-11H,1-3H3,(H,21,24)(H,19,20,22,23). The van der Waals surface area contributed by atoms with E-state index in [1.165, 1.54) is 18.0 Å². The summed E-state index contributed by atoms with van der Waals surface area (Å²) < 4.78 is 4.96. The highest BCUT2D eigenvalue weighted by Gasteiger charge is 2.09. The molecule has 2 N–H and O–H groups in total. The molecule has 0 saturated heterocycles. The molecule has 0 saturated carbocycles. The van der Waals surface area contributed by atoms with Gasteiger partial charge in [0.15, 0.2) is 5.82 Å². The average molecular weight is 337 g/mol. The fourth-order valence-electron chi connectivity index (χ4n) is 2.20. The SMILES string of the molecule is Cc1cc(Nc2ncc(C(=O)Nc3ccc(C(C)C)cc3)cn2)no1. The van der Waals surface area contributed by atoms with Crippen LogP contribution in [0.2, 0.25) is 0 Å². The Balaban J connectivity index is 1.64. The number of benzene rings is 1. The van der Waals surface area contributed by atoms with Crippen molar-refractivity contribution in [2.24, 2.45) is 0 Å². The van der Waals surface area contributed by atoms with E-state index >= 15 is 0 Å². The van der Waals surface area contributed by atoms with Crippen LogP contribution in [-0.2, 0) is 0 Å². The number of carbonyl (C=O) groups excluding carboxylic acids is 1. The first-order valence-corrected chi connectivity index (χ1v) is 7.95. The third-order valence-corrected chi connectivity index (χ3v) is 3.62. The molecule has 2 heterocycles. The number of hydrogen-bond donors (Lipinski definition) is 2. The van der Waals surface area contributed by atoms with E-state index in [0.717, 1.165) is 5.69 Å². The molecule has 7 heteroatoms. The lowest BCUT2D eigenvalue weighted by molar-refractivity contribution is 0.102. The Morgan fingerprint density at radius 2 is 1.80 bits per heavy atom. The van der Waals surface area contributed by atoms with E-state index in [4.69, 9.17) is 4.52 Å². The fraction of sp³-hybridized carbons (Fsp3) is 0.222. The number of rotatable bonds is 5. The molecule has 128 valence electrons. The van der Waals surface area contributed by atoms with Crippen LogP contribution in [0, 0.1) is 6.92 Å². The van der Waals surface area contributed by atoms with Crippen LogP contribution < -0.4 is 10.6 Å². The molecule has 25 heavy (non-hydrogen) atoms. The summed E-state index contributed by atoms with van der Waals surface area (Å²) in [5.41, 5.74) is 2.32. The van der Waals surface area contributed by atoms with Gasteiger partial charge in [-0.05, 0) is 30.5 Å². The first-order chi connectivity index (χ1) is 12.0.